The van der Waals surface area contributed by atoms with Crippen LogP contribution in [0.3, 0.4) is 0 Å². The molecule has 0 aromatic heterocycles. The zero-order chi connectivity index (χ0) is 14.7. The summed E-state index contributed by atoms with van der Waals surface area (Å²) in [4.78, 5) is 0. The van der Waals surface area contributed by atoms with Crippen molar-refractivity contribution >= 4 is 0 Å². The van der Waals surface area contributed by atoms with Crippen LogP contribution >= 0.6 is 0 Å². The summed E-state index contributed by atoms with van der Waals surface area (Å²) in [6.07, 6.45) is 7.14. The van der Waals surface area contributed by atoms with Crippen molar-refractivity contribution in [3.63, 3.8) is 0 Å². The molecule has 3 heteroatoms. The molecule has 116 valence electrons. The van der Waals surface area contributed by atoms with E-state index < -0.39 is 0 Å². The fraction of sp³-hybridized carbons (Fsp3) is 0.667. The van der Waals surface area contributed by atoms with Gasteiger partial charge in [-0.1, -0.05) is 37.5 Å². The monoisotopic (exact) mass is 289 g/mol. The molecule has 0 spiro atoms. The molecule has 21 heavy (non-hydrogen) atoms. The maximum absolute atomic E-state index is 6.32. The van der Waals surface area contributed by atoms with Crippen molar-refractivity contribution in [2.45, 2.75) is 57.1 Å². The molecule has 3 nitrogen and oxygen atoms in total. The third-order valence-corrected chi connectivity index (χ3v) is 5.00. The largest absolute Gasteiger partial charge is 0.493 e. The first kappa shape index (κ1) is 14.9. The first-order chi connectivity index (χ1) is 10.3. The van der Waals surface area contributed by atoms with Crippen LogP contribution in [0.5, 0.6) is 5.75 Å². The molecule has 1 unspecified atom stereocenters. The molecule has 1 aliphatic heterocycles. The molecule has 0 amide bonds. The number of hydrogen-bond donors (Lipinski definition) is 1. The molecule has 1 atom stereocenters. The Labute approximate surface area is 128 Å². The third-order valence-electron chi connectivity index (χ3n) is 5.00. The minimum atomic E-state index is -0.0805. The lowest BCUT2D eigenvalue weighted by molar-refractivity contribution is -0.0901. The van der Waals surface area contributed by atoms with E-state index in [1.54, 1.807) is 0 Å². The van der Waals surface area contributed by atoms with E-state index in [4.69, 9.17) is 9.47 Å². The Balaban J connectivity index is 1.98. The van der Waals surface area contributed by atoms with E-state index in [0.717, 1.165) is 38.2 Å². The van der Waals surface area contributed by atoms with Crippen molar-refractivity contribution in [3.05, 3.63) is 29.3 Å². The smallest absolute Gasteiger partial charge is 0.127 e. The lowest BCUT2D eigenvalue weighted by Crippen LogP contribution is -2.46. The van der Waals surface area contributed by atoms with Gasteiger partial charge in [-0.15, -0.1) is 0 Å². The number of nitrogens with one attached hydrogen (secondary N) is 1. The number of para-hydroxylation sites is 1. The summed E-state index contributed by atoms with van der Waals surface area (Å²) in [7, 11) is 2.05. The highest BCUT2D eigenvalue weighted by atomic mass is 16.5. The molecule has 2 aliphatic rings. The van der Waals surface area contributed by atoms with Crippen LogP contribution in [0.1, 0.15) is 56.2 Å². The number of fused-ring (bicyclic) bond motifs is 1. The van der Waals surface area contributed by atoms with E-state index in [-0.39, 0.29) is 11.6 Å². The summed E-state index contributed by atoms with van der Waals surface area (Å²) in [6, 6.07) is 6.77. The van der Waals surface area contributed by atoms with Gasteiger partial charge < -0.3 is 14.8 Å². The highest BCUT2D eigenvalue weighted by Gasteiger charge is 2.42. The standard InChI is InChI=1S/C18H27NO2/c1-3-21-18(11-5-4-6-12-18)17(19-2)15-9-7-8-14-10-13-20-16(14)15/h7-9,17,19H,3-6,10-13H2,1-2H3. The molecule has 1 N–H and O–H groups in total. The van der Waals surface area contributed by atoms with Crippen molar-refractivity contribution < 1.29 is 9.47 Å². The fourth-order valence-electron chi connectivity index (χ4n) is 4.12. The molecule has 0 radical (unpaired) electrons. The number of likely N-dealkylation sites (N-methyl/N-ethyl adjacent to an activating group) is 1. The summed E-state index contributed by atoms with van der Waals surface area (Å²) < 4.78 is 12.3. The normalized spacial score (nSPS) is 21.6. The highest BCUT2D eigenvalue weighted by molar-refractivity contribution is 5.46. The van der Waals surface area contributed by atoms with Crippen molar-refractivity contribution in [3.8, 4) is 5.75 Å². The van der Waals surface area contributed by atoms with E-state index in [1.807, 2.05) is 7.05 Å². The molecule has 1 aliphatic carbocycles. The Morgan fingerprint density at radius 3 is 2.81 bits per heavy atom. The number of benzene rings is 1. The Morgan fingerprint density at radius 1 is 1.29 bits per heavy atom. The molecule has 1 saturated carbocycles. The second kappa shape index (κ2) is 6.37. The second-order valence-corrected chi connectivity index (χ2v) is 6.21. The van der Waals surface area contributed by atoms with Crippen molar-refractivity contribution in [2.24, 2.45) is 0 Å². The van der Waals surface area contributed by atoms with Gasteiger partial charge in [0.25, 0.3) is 0 Å². The number of rotatable bonds is 5. The van der Waals surface area contributed by atoms with Crippen LogP contribution in [0.2, 0.25) is 0 Å². The van der Waals surface area contributed by atoms with Gasteiger partial charge in [-0.2, -0.15) is 0 Å². The summed E-state index contributed by atoms with van der Waals surface area (Å²) in [5.41, 5.74) is 2.54. The minimum Gasteiger partial charge on any atom is -0.493 e. The van der Waals surface area contributed by atoms with E-state index in [0.29, 0.717) is 0 Å². The summed E-state index contributed by atoms with van der Waals surface area (Å²) in [6.45, 7) is 3.69. The van der Waals surface area contributed by atoms with Gasteiger partial charge in [0.15, 0.2) is 0 Å². The molecule has 0 bridgehead atoms. The topological polar surface area (TPSA) is 30.5 Å². The fourth-order valence-corrected chi connectivity index (χ4v) is 4.12. The number of hydrogen-bond acceptors (Lipinski definition) is 3. The van der Waals surface area contributed by atoms with Gasteiger partial charge in [-0.05, 0) is 32.4 Å². The van der Waals surface area contributed by atoms with Crippen LogP contribution in [-0.4, -0.2) is 25.9 Å². The Bertz CT molecular complexity index is 475. The molecular weight excluding hydrogens is 262 g/mol. The summed E-state index contributed by atoms with van der Waals surface area (Å²) in [5.74, 6) is 1.10. The molecule has 0 saturated heterocycles. The Kier molecular flexibility index (Phi) is 4.51. The van der Waals surface area contributed by atoms with E-state index in [9.17, 15) is 0 Å². The molecule has 1 aromatic rings. The predicted octanol–water partition coefficient (Wildman–Crippen LogP) is 3.62. The minimum absolute atomic E-state index is 0.0805. The van der Waals surface area contributed by atoms with Crippen molar-refractivity contribution in [1.82, 2.24) is 5.32 Å². The van der Waals surface area contributed by atoms with E-state index in [1.165, 1.54) is 30.4 Å². The highest BCUT2D eigenvalue weighted by Crippen LogP contribution is 2.45. The van der Waals surface area contributed by atoms with Crippen LogP contribution in [-0.2, 0) is 11.2 Å². The number of ether oxygens (including phenoxy) is 2. The van der Waals surface area contributed by atoms with Crippen LogP contribution in [0.25, 0.3) is 0 Å². The molecule has 1 aromatic carbocycles. The van der Waals surface area contributed by atoms with Crippen molar-refractivity contribution in [1.29, 1.82) is 0 Å². The lowest BCUT2D eigenvalue weighted by atomic mass is 9.76. The lowest BCUT2D eigenvalue weighted by Gasteiger charge is -2.43. The van der Waals surface area contributed by atoms with Gasteiger partial charge in [-0.25, -0.2) is 0 Å². The van der Waals surface area contributed by atoms with E-state index >= 15 is 0 Å². The van der Waals surface area contributed by atoms with Gasteiger partial charge in [0.2, 0.25) is 0 Å². The molecular formula is C18H27NO2. The van der Waals surface area contributed by atoms with Crippen molar-refractivity contribution in [2.75, 3.05) is 20.3 Å². The average molecular weight is 289 g/mol. The SMILES string of the molecule is CCOC1(C(NC)c2cccc3c2OCC3)CCCCC1. The summed E-state index contributed by atoms with van der Waals surface area (Å²) in [5, 5.41) is 3.54. The van der Waals surface area contributed by atoms with Gasteiger partial charge in [0.1, 0.15) is 5.75 Å². The zero-order valence-electron chi connectivity index (χ0n) is 13.3. The third kappa shape index (κ3) is 2.69. The quantitative estimate of drug-likeness (QED) is 0.898. The molecule has 1 fully saturated rings. The molecule has 3 rings (SSSR count). The van der Waals surface area contributed by atoms with Gasteiger partial charge >= 0.3 is 0 Å². The molecule has 1 heterocycles. The maximum atomic E-state index is 6.32. The summed E-state index contributed by atoms with van der Waals surface area (Å²) >= 11 is 0. The van der Waals surface area contributed by atoms with Crippen LogP contribution in [0, 0.1) is 0 Å². The zero-order valence-corrected chi connectivity index (χ0v) is 13.3. The van der Waals surface area contributed by atoms with Crippen LogP contribution in [0.4, 0.5) is 0 Å². The maximum Gasteiger partial charge on any atom is 0.127 e. The average Bonchev–Trinajstić information content (AvgIpc) is 2.98. The van der Waals surface area contributed by atoms with Gasteiger partial charge in [0, 0.05) is 18.6 Å². The van der Waals surface area contributed by atoms with Crippen LogP contribution in [0.15, 0.2) is 18.2 Å². The first-order valence-electron chi connectivity index (χ1n) is 8.36. The van der Waals surface area contributed by atoms with Gasteiger partial charge in [-0.3, -0.25) is 0 Å². The predicted molar refractivity (Wildman–Crippen MR) is 84.9 cm³/mol. The van der Waals surface area contributed by atoms with Crippen LogP contribution < -0.4 is 10.1 Å². The Hall–Kier alpha value is -1.06. The second-order valence-electron chi connectivity index (χ2n) is 6.21. The van der Waals surface area contributed by atoms with E-state index in [2.05, 4.69) is 30.4 Å². The first-order valence-corrected chi connectivity index (χ1v) is 8.36. The van der Waals surface area contributed by atoms with Gasteiger partial charge in [0.05, 0.1) is 18.2 Å². The Morgan fingerprint density at radius 2 is 2.10 bits per heavy atom.